The predicted molar refractivity (Wildman–Crippen MR) is 119 cm³/mol. The molecule has 3 aliphatic rings. The second kappa shape index (κ2) is 7.30. The van der Waals surface area contributed by atoms with Gasteiger partial charge in [-0.1, -0.05) is 25.1 Å². The van der Waals surface area contributed by atoms with Crippen molar-refractivity contribution >= 4 is 11.9 Å². The number of hydrogen-bond acceptors (Lipinski definition) is 3. The molecule has 0 N–H and O–H groups in total. The number of aryl methyl sites for hydroxylation is 1. The fourth-order valence-electron chi connectivity index (χ4n) is 6.39. The van der Waals surface area contributed by atoms with Gasteiger partial charge in [0.2, 0.25) is 0 Å². The summed E-state index contributed by atoms with van der Waals surface area (Å²) in [6.07, 6.45) is 7.39. The Bertz CT molecular complexity index is 1000. The number of rotatable bonds is 3. The Balaban J connectivity index is 1.45. The van der Waals surface area contributed by atoms with Gasteiger partial charge in [-0.3, -0.25) is 4.79 Å². The Hall–Kier alpha value is -2.55. The molecule has 0 amide bonds. The van der Waals surface area contributed by atoms with E-state index in [1.807, 2.05) is 24.3 Å². The van der Waals surface area contributed by atoms with Crippen LogP contribution in [0.15, 0.2) is 48.0 Å². The summed E-state index contributed by atoms with van der Waals surface area (Å²) in [5, 5.41) is 0. The lowest BCUT2D eigenvalue weighted by molar-refractivity contribution is -0.127. The number of Topliss-reactive ketones (excluding diaryl/α,β-unsaturated/α-hetero) is 1. The molecule has 4 atom stereocenters. The van der Waals surface area contributed by atoms with Crippen LogP contribution in [-0.4, -0.2) is 20.0 Å². The summed E-state index contributed by atoms with van der Waals surface area (Å²) in [7, 11) is 3.41. The lowest BCUT2D eigenvalue weighted by Crippen LogP contribution is -2.42. The Kier molecular flexibility index (Phi) is 4.72. The molecule has 2 aromatic rings. The van der Waals surface area contributed by atoms with Crippen molar-refractivity contribution in [3.8, 4) is 11.5 Å². The van der Waals surface area contributed by atoms with E-state index >= 15 is 0 Å². The molecule has 0 saturated heterocycles. The Morgan fingerprint density at radius 1 is 1.00 bits per heavy atom. The Labute approximate surface area is 179 Å². The minimum Gasteiger partial charge on any atom is -0.497 e. The van der Waals surface area contributed by atoms with Crippen molar-refractivity contribution in [1.82, 2.24) is 0 Å². The van der Waals surface area contributed by atoms with Crippen LogP contribution >= 0.6 is 0 Å². The van der Waals surface area contributed by atoms with E-state index in [9.17, 15) is 4.79 Å². The van der Waals surface area contributed by atoms with Crippen molar-refractivity contribution in [2.75, 3.05) is 14.2 Å². The molecular formula is C27H30O3. The third-order valence-electron chi connectivity index (χ3n) is 8.03. The van der Waals surface area contributed by atoms with Crippen molar-refractivity contribution in [1.29, 1.82) is 0 Å². The second-order valence-electron chi connectivity index (χ2n) is 9.41. The quantitative estimate of drug-likeness (QED) is 0.607. The molecule has 0 radical (unpaired) electrons. The average molecular weight is 403 g/mol. The normalized spacial score (nSPS) is 31.1. The van der Waals surface area contributed by atoms with Crippen LogP contribution in [0.4, 0.5) is 0 Å². The molecule has 2 aromatic carbocycles. The zero-order valence-corrected chi connectivity index (χ0v) is 18.1. The van der Waals surface area contributed by atoms with E-state index in [2.05, 4.69) is 31.2 Å². The van der Waals surface area contributed by atoms with Crippen molar-refractivity contribution < 1.29 is 14.3 Å². The topological polar surface area (TPSA) is 35.5 Å². The van der Waals surface area contributed by atoms with Gasteiger partial charge in [0.05, 0.1) is 14.2 Å². The van der Waals surface area contributed by atoms with Gasteiger partial charge in [-0.05, 0) is 102 Å². The first-order valence-electron chi connectivity index (χ1n) is 11.1. The van der Waals surface area contributed by atoms with Crippen LogP contribution in [0.1, 0.15) is 55.2 Å². The highest BCUT2D eigenvalue weighted by Crippen LogP contribution is 2.60. The summed E-state index contributed by atoms with van der Waals surface area (Å²) in [6, 6.07) is 14.6. The SMILES string of the molecule is COc1ccc(/C=C2\C[C@H]3[C@H]4CCc5cc(OC)ccc5[C@H]4CC[C@]3(C)C2=O)cc1. The number of benzene rings is 2. The van der Waals surface area contributed by atoms with Gasteiger partial charge < -0.3 is 9.47 Å². The van der Waals surface area contributed by atoms with E-state index < -0.39 is 0 Å². The van der Waals surface area contributed by atoms with Crippen molar-refractivity contribution in [2.45, 2.75) is 44.9 Å². The number of ether oxygens (including phenoxy) is 2. The van der Waals surface area contributed by atoms with E-state index in [0.29, 0.717) is 23.5 Å². The zero-order chi connectivity index (χ0) is 20.9. The standard InChI is InChI=1S/C27H30O3/c1-27-13-12-23-22-11-9-21(30-3)15-18(22)6-10-24(23)25(27)16-19(26(27)28)14-17-4-7-20(29-2)8-5-17/h4-5,7-9,11,14-15,23-25H,6,10,12-13,16H2,1-3H3/b19-14+/t23-,24+,25+,27+/m1/s1. The molecule has 0 aliphatic heterocycles. The van der Waals surface area contributed by atoms with Crippen LogP contribution in [-0.2, 0) is 11.2 Å². The maximum Gasteiger partial charge on any atom is 0.165 e. The molecule has 2 saturated carbocycles. The highest BCUT2D eigenvalue weighted by molar-refractivity contribution is 6.06. The number of allylic oxidation sites excluding steroid dienone is 1. The van der Waals surface area contributed by atoms with Gasteiger partial charge in [-0.15, -0.1) is 0 Å². The number of hydrogen-bond donors (Lipinski definition) is 0. The maximum absolute atomic E-state index is 13.5. The van der Waals surface area contributed by atoms with Crippen LogP contribution in [0.2, 0.25) is 0 Å². The van der Waals surface area contributed by atoms with Gasteiger partial charge in [0.1, 0.15) is 11.5 Å². The van der Waals surface area contributed by atoms with Gasteiger partial charge in [0, 0.05) is 5.41 Å². The molecule has 3 nitrogen and oxygen atoms in total. The first-order chi connectivity index (χ1) is 14.5. The van der Waals surface area contributed by atoms with E-state index in [4.69, 9.17) is 9.47 Å². The van der Waals surface area contributed by atoms with Crippen molar-refractivity contribution in [3.63, 3.8) is 0 Å². The molecule has 5 rings (SSSR count). The van der Waals surface area contributed by atoms with E-state index in [-0.39, 0.29) is 5.41 Å². The molecule has 3 heteroatoms. The predicted octanol–water partition coefficient (Wildman–Crippen LogP) is 5.82. The number of methoxy groups -OCH3 is 2. The lowest BCUT2D eigenvalue weighted by Gasteiger charge is -2.48. The van der Waals surface area contributed by atoms with E-state index in [1.165, 1.54) is 17.5 Å². The second-order valence-corrected chi connectivity index (χ2v) is 9.41. The van der Waals surface area contributed by atoms with E-state index in [1.54, 1.807) is 14.2 Å². The highest BCUT2D eigenvalue weighted by Gasteiger charge is 2.56. The number of fused-ring (bicyclic) bond motifs is 5. The van der Waals surface area contributed by atoms with Crippen LogP contribution in [0.25, 0.3) is 6.08 Å². The Morgan fingerprint density at radius 2 is 1.73 bits per heavy atom. The zero-order valence-electron chi connectivity index (χ0n) is 18.1. The molecule has 0 aromatic heterocycles. The van der Waals surface area contributed by atoms with Crippen LogP contribution in [0.3, 0.4) is 0 Å². The molecule has 0 bridgehead atoms. The highest BCUT2D eigenvalue weighted by atomic mass is 16.5. The van der Waals surface area contributed by atoms with Gasteiger partial charge in [-0.2, -0.15) is 0 Å². The van der Waals surface area contributed by atoms with Gasteiger partial charge in [-0.25, -0.2) is 0 Å². The van der Waals surface area contributed by atoms with Crippen LogP contribution in [0, 0.1) is 17.3 Å². The maximum atomic E-state index is 13.5. The fraction of sp³-hybridized carbons (Fsp3) is 0.444. The molecular weight excluding hydrogens is 372 g/mol. The van der Waals surface area contributed by atoms with Crippen molar-refractivity contribution in [3.05, 3.63) is 64.7 Å². The molecule has 156 valence electrons. The first-order valence-corrected chi connectivity index (χ1v) is 11.1. The summed E-state index contributed by atoms with van der Waals surface area (Å²) in [6.45, 7) is 2.23. The summed E-state index contributed by atoms with van der Waals surface area (Å²) in [5.74, 6) is 3.79. The number of ketones is 1. The lowest BCUT2D eigenvalue weighted by atomic mass is 9.55. The summed E-state index contributed by atoms with van der Waals surface area (Å²) in [5.41, 5.74) is 4.82. The molecule has 30 heavy (non-hydrogen) atoms. The summed E-state index contributed by atoms with van der Waals surface area (Å²) >= 11 is 0. The first kappa shape index (κ1) is 19.4. The summed E-state index contributed by atoms with van der Waals surface area (Å²) < 4.78 is 10.7. The third kappa shape index (κ3) is 2.98. The number of carbonyl (C=O) groups excluding carboxylic acids is 1. The van der Waals surface area contributed by atoms with Crippen LogP contribution in [0.5, 0.6) is 11.5 Å². The van der Waals surface area contributed by atoms with Gasteiger partial charge in [0.15, 0.2) is 5.78 Å². The Morgan fingerprint density at radius 3 is 2.47 bits per heavy atom. The molecule has 0 heterocycles. The smallest absolute Gasteiger partial charge is 0.165 e. The monoisotopic (exact) mass is 402 g/mol. The molecule has 0 unspecified atom stereocenters. The van der Waals surface area contributed by atoms with Crippen LogP contribution < -0.4 is 9.47 Å². The molecule has 0 spiro atoms. The van der Waals surface area contributed by atoms with Gasteiger partial charge >= 0.3 is 0 Å². The molecule has 3 aliphatic carbocycles. The molecule has 2 fully saturated rings. The average Bonchev–Trinajstić information content (AvgIpc) is 3.04. The fourth-order valence-corrected chi connectivity index (χ4v) is 6.39. The van der Waals surface area contributed by atoms with Gasteiger partial charge in [0.25, 0.3) is 0 Å². The summed E-state index contributed by atoms with van der Waals surface area (Å²) in [4.78, 5) is 13.5. The van der Waals surface area contributed by atoms with Crippen molar-refractivity contribution in [2.24, 2.45) is 17.3 Å². The number of carbonyl (C=O) groups is 1. The minimum absolute atomic E-state index is 0.205. The minimum atomic E-state index is -0.205. The third-order valence-corrected chi connectivity index (χ3v) is 8.03. The largest absolute Gasteiger partial charge is 0.497 e. The van der Waals surface area contributed by atoms with E-state index in [0.717, 1.165) is 48.3 Å².